The number of nitrogens with two attached hydrogens (primary N) is 1. The van der Waals surface area contributed by atoms with E-state index in [-0.39, 0.29) is 5.82 Å². The number of hydrogen-bond acceptors (Lipinski definition) is 3. The first-order valence-corrected chi connectivity index (χ1v) is 5.96. The average Bonchev–Trinajstić information content (AvgIpc) is 2.40. The van der Waals surface area contributed by atoms with Crippen LogP contribution in [0.2, 0.25) is 0 Å². The Hall–Kier alpha value is -2.23. The van der Waals surface area contributed by atoms with E-state index in [2.05, 4.69) is 0 Å². The standard InChI is InChI=1S/C15H17FN2O/c1-10-4-7-15(19-3)14(8-10)18(2)13-9-11(16)5-6-12(13)17/h4-9H,17H2,1-3H3. The lowest BCUT2D eigenvalue weighted by molar-refractivity contribution is 0.415. The van der Waals surface area contributed by atoms with Crippen LogP contribution in [0.25, 0.3) is 0 Å². The number of nitrogens with zero attached hydrogens (tertiary/aromatic N) is 1. The second-order valence-corrected chi connectivity index (χ2v) is 4.44. The number of hydrogen-bond donors (Lipinski definition) is 1. The summed E-state index contributed by atoms with van der Waals surface area (Å²) in [5.41, 5.74) is 8.99. The smallest absolute Gasteiger partial charge is 0.142 e. The lowest BCUT2D eigenvalue weighted by Gasteiger charge is -2.23. The van der Waals surface area contributed by atoms with Crippen LogP contribution < -0.4 is 15.4 Å². The molecule has 4 heteroatoms. The molecule has 0 amide bonds. The Morgan fingerprint density at radius 2 is 1.84 bits per heavy atom. The van der Waals surface area contributed by atoms with Crippen molar-refractivity contribution in [2.45, 2.75) is 6.92 Å². The second-order valence-electron chi connectivity index (χ2n) is 4.44. The average molecular weight is 260 g/mol. The van der Waals surface area contributed by atoms with E-state index >= 15 is 0 Å². The van der Waals surface area contributed by atoms with E-state index in [4.69, 9.17) is 10.5 Å². The van der Waals surface area contributed by atoms with Crippen LogP contribution in [0.15, 0.2) is 36.4 Å². The number of aryl methyl sites for hydroxylation is 1. The summed E-state index contributed by atoms with van der Waals surface area (Å²) in [6.07, 6.45) is 0. The molecule has 0 aliphatic rings. The summed E-state index contributed by atoms with van der Waals surface area (Å²) in [6.45, 7) is 1.99. The zero-order valence-electron chi connectivity index (χ0n) is 11.3. The van der Waals surface area contributed by atoms with Crippen molar-refractivity contribution < 1.29 is 9.13 Å². The van der Waals surface area contributed by atoms with Crippen molar-refractivity contribution in [1.82, 2.24) is 0 Å². The Morgan fingerprint density at radius 3 is 2.53 bits per heavy atom. The fourth-order valence-corrected chi connectivity index (χ4v) is 2.00. The van der Waals surface area contributed by atoms with Gasteiger partial charge < -0.3 is 15.4 Å². The van der Waals surface area contributed by atoms with E-state index < -0.39 is 0 Å². The molecule has 19 heavy (non-hydrogen) atoms. The van der Waals surface area contributed by atoms with Crippen LogP contribution in [0, 0.1) is 12.7 Å². The van der Waals surface area contributed by atoms with Gasteiger partial charge in [0.15, 0.2) is 0 Å². The van der Waals surface area contributed by atoms with E-state index in [1.54, 1.807) is 13.2 Å². The zero-order chi connectivity index (χ0) is 14.0. The topological polar surface area (TPSA) is 38.5 Å². The van der Waals surface area contributed by atoms with Gasteiger partial charge in [0.1, 0.15) is 11.6 Å². The monoisotopic (exact) mass is 260 g/mol. The van der Waals surface area contributed by atoms with E-state index in [0.29, 0.717) is 11.4 Å². The van der Waals surface area contributed by atoms with Crippen molar-refractivity contribution in [2.75, 3.05) is 24.8 Å². The normalized spacial score (nSPS) is 10.3. The lowest BCUT2D eigenvalue weighted by Crippen LogP contribution is -2.13. The predicted octanol–water partition coefficient (Wildman–Crippen LogP) is 3.49. The number of benzene rings is 2. The first kappa shape index (κ1) is 13.2. The van der Waals surface area contributed by atoms with Gasteiger partial charge in [-0.05, 0) is 42.8 Å². The third-order valence-corrected chi connectivity index (χ3v) is 3.05. The molecule has 0 saturated carbocycles. The highest BCUT2D eigenvalue weighted by atomic mass is 19.1. The Morgan fingerprint density at radius 1 is 1.11 bits per heavy atom. The SMILES string of the molecule is COc1ccc(C)cc1N(C)c1cc(F)ccc1N. The van der Waals surface area contributed by atoms with Crippen LogP contribution >= 0.6 is 0 Å². The molecule has 0 bridgehead atoms. The van der Waals surface area contributed by atoms with Gasteiger partial charge in [0.25, 0.3) is 0 Å². The van der Waals surface area contributed by atoms with Crippen molar-refractivity contribution in [1.29, 1.82) is 0 Å². The molecule has 0 saturated heterocycles. The van der Waals surface area contributed by atoms with E-state index in [9.17, 15) is 4.39 Å². The molecule has 0 heterocycles. The van der Waals surface area contributed by atoms with Crippen molar-refractivity contribution in [3.63, 3.8) is 0 Å². The van der Waals surface area contributed by atoms with Crippen molar-refractivity contribution in [2.24, 2.45) is 0 Å². The van der Waals surface area contributed by atoms with Gasteiger partial charge in [0, 0.05) is 7.05 Å². The third kappa shape index (κ3) is 2.62. The third-order valence-electron chi connectivity index (χ3n) is 3.05. The van der Waals surface area contributed by atoms with Gasteiger partial charge in [0.05, 0.1) is 24.2 Å². The van der Waals surface area contributed by atoms with Gasteiger partial charge in [0.2, 0.25) is 0 Å². The van der Waals surface area contributed by atoms with Crippen LogP contribution in [0.4, 0.5) is 21.5 Å². The first-order chi connectivity index (χ1) is 9.02. The molecule has 2 aromatic rings. The summed E-state index contributed by atoms with van der Waals surface area (Å²) in [5, 5.41) is 0. The number of rotatable bonds is 3. The fraction of sp³-hybridized carbons (Fsp3) is 0.200. The van der Waals surface area contributed by atoms with Gasteiger partial charge in [-0.1, -0.05) is 6.07 Å². The second kappa shape index (κ2) is 5.18. The number of halogens is 1. The largest absolute Gasteiger partial charge is 0.495 e. The highest BCUT2D eigenvalue weighted by Crippen LogP contribution is 2.36. The van der Waals surface area contributed by atoms with E-state index in [1.807, 2.05) is 37.1 Å². The summed E-state index contributed by atoms with van der Waals surface area (Å²) >= 11 is 0. The number of nitrogen functional groups attached to an aromatic ring is 1. The maximum atomic E-state index is 13.4. The van der Waals surface area contributed by atoms with E-state index in [0.717, 1.165) is 17.0 Å². The molecular formula is C15H17FN2O. The summed E-state index contributed by atoms with van der Waals surface area (Å²) in [5.74, 6) is 0.402. The molecule has 0 fully saturated rings. The first-order valence-electron chi connectivity index (χ1n) is 5.96. The van der Waals surface area contributed by atoms with Crippen LogP contribution in [-0.2, 0) is 0 Å². The van der Waals surface area contributed by atoms with Gasteiger partial charge in [-0.15, -0.1) is 0 Å². The van der Waals surface area contributed by atoms with E-state index in [1.165, 1.54) is 12.1 Å². The Bertz CT molecular complexity index is 599. The Kier molecular flexibility index (Phi) is 3.60. The summed E-state index contributed by atoms with van der Waals surface area (Å²) in [7, 11) is 3.44. The van der Waals surface area contributed by atoms with Crippen molar-refractivity contribution in [3.8, 4) is 5.75 Å². The number of ether oxygens (including phenoxy) is 1. The highest BCUT2D eigenvalue weighted by molar-refractivity contribution is 5.77. The molecule has 2 N–H and O–H groups in total. The Balaban J connectivity index is 2.51. The van der Waals surface area contributed by atoms with Crippen molar-refractivity contribution >= 4 is 17.1 Å². The van der Waals surface area contributed by atoms with Crippen molar-refractivity contribution in [3.05, 3.63) is 47.8 Å². The summed E-state index contributed by atoms with van der Waals surface area (Å²) in [6, 6.07) is 10.1. The molecule has 0 aliphatic carbocycles. The highest BCUT2D eigenvalue weighted by Gasteiger charge is 2.13. The number of anilines is 3. The van der Waals surface area contributed by atoms with Gasteiger partial charge in [-0.25, -0.2) is 4.39 Å². The summed E-state index contributed by atoms with van der Waals surface area (Å²) in [4.78, 5) is 1.82. The van der Waals surface area contributed by atoms with Crippen LogP contribution in [-0.4, -0.2) is 14.2 Å². The molecule has 0 aromatic heterocycles. The molecule has 0 atom stereocenters. The fourth-order valence-electron chi connectivity index (χ4n) is 2.00. The van der Waals surface area contributed by atoms with Gasteiger partial charge >= 0.3 is 0 Å². The zero-order valence-corrected chi connectivity index (χ0v) is 11.3. The molecule has 100 valence electrons. The molecule has 0 aliphatic heterocycles. The molecule has 2 aromatic carbocycles. The Labute approximate surface area is 112 Å². The predicted molar refractivity (Wildman–Crippen MR) is 76.6 cm³/mol. The lowest BCUT2D eigenvalue weighted by atomic mass is 10.1. The molecule has 2 rings (SSSR count). The molecule has 0 radical (unpaired) electrons. The molecule has 0 spiro atoms. The minimum absolute atomic E-state index is 0.317. The summed E-state index contributed by atoms with van der Waals surface area (Å²) < 4.78 is 18.7. The molecule has 0 unspecified atom stereocenters. The maximum Gasteiger partial charge on any atom is 0.142 e. The van der Waals surface area contributed by atoms with Gasteiger partial charge in [-0.2, -0.15) is 0 Å². The van der Waals surface area contributed by atoms with Gasteiger partial charge in [-0.3, -0.25) is 0 Å². The van der Waals surface area contributed by atoms with Crippen LogP contribution in [0.1, 0.15) is 5.56 Å². The van der Waals surface area contributed by atoms with Crippen LogP contribution in [0.3, 0.4) is 0 Å². The van der Waals surface area contributed by atoms with Crippen LogP contribution in [0.5, 0.6) is 5.75 Å². The molecule has 3 nitrogen and oxygen atoms in total. The maximum absolute atomic E-state index is 13.4. The number of methoxy groups -OCH3 is 1. The minimum atomic E-state index is -0.317. The molecular weight excluding hydrogens is 243 g/mol. The quantitative estimate of drug-likeness (QED) is 0.858. The minimum Gasteiger partial charge on any atom is -0.495 e.